The van der Waals surface area contributed by atoms with Gasteiger partial charge in [0.05, 0.1) is 17.6 Å². The lowest BCUT2D eigenvalue weighted by molar-refractivity contribution is 0.0600. The van der Waals surface area contributed by atoms with E-state index in [2.05, 4.69) is 5.32 Å². The number of aryl methyl sites for hydroxylation is 1. The van der Waals surface area contributed by atoms with E-state index in [1.54, 1.807) is 24.3 Å². The molecule has 2 heterocycles. The number of hydrogen-bond acceptors (Lipinski definition) is 6. The van der Waals surface area contributed by atoms with Gasteiger partial charge in [0.15, 0.2) is 11.5 Å². The van der Waals surface area contributed by atoms with Crippen LogP contribution in [0.25, 0.3) is 10.4 Å². The zero-order valence-electron chi connectivity index (χ0n) is 16.0. The van der Waals surface area contributed by atoms with E-state index in [4.69, 9.17) is 14.2 Å². The number of ether oxygens (including phenoxy) is 3. The molecule has 1 aliphatic heterocycles. The van der Waals surface area contributed by atoms with E-state index in [0.29, 0.717) is 29.3 Å². The Morgan fingerprint density at radius 1 is 1.00 bits per heavy atom. The summed E-state index contributed by atoms with van der Waals surface area (Å²) in [6, 6.07) is 14.5. The van der Waals surface area contributed by atoms with Crippen molar-refractivity contribution in [1.82, 2.24) is 0 Å². The number of carbonyl (C=O) groups excluding carboxylic acids is 2. The molecular formula is C22H19NO5S. The second-order valence-electron chi connectivity index (χ2n) is 6.50. The van der Waals surface area contributed by atoms with Crippen molar-refractivity contribution >= 4 is 28.9 Å². The smallest absolute Gasteiger partial charge is 0.337 e. The van der Waals surface area contributed by atoms with E-state index in [-0.39, 0.29) is 5.91 Å². The first-order valence-corrected chi connectivity index (χ1v) is 9.87. The van der Waals surface area contributed by atoms with E-state index in [1.807, 2.05) is 31.2 Å². The number of rotatable bonds is 4. The third kappa shape index (κ3) is 3.95. The summed E-state index contributed by atoms with van der Waals surface area (Å²) >= 11 is 1.40. The van der Waals surface area contributed by atoms with Crippen LogP contribution in [0.2, 0.25) is 0 Å². The second-order valence-corrected chi connectivity index (χ2v) is 7.58. The third-order valence-electron chi connectivity index (χ3n) is 4.55. The summed E-state index contributed by atoms with van der Waals surface area (Å²) in [5.41, 5.74) is 2.85. The fraction of sp³-hybridized carbons (Fsp3) is 0.182. The number of benzene rings is 2. The molecule has 0 saturated carbocycles. The number of thiophene rings is 1. The number of anilines is 1. The minimum absolute atomic E-state index is 0.201. The maximum atomic E-state index is 12.7. The number of amides is 1. The molecule has 3 aromatic rings. The van der Waals surface area contributed by atoms with E-state index < -0.39 is 5.97 Å². The summed E-state index contributed by atoms with van der Waals surface area (Å²) in [7, 11) is 1.34. The molecule has 2 aromatic carbocycles. The van der Waals surface area contributed by atoms with Gasteiger partial charge in [-0.3, -0.25) is 4.79 Å². The first kappa shape index (κ1) is 19.0. The van der Waals surface area contributed by atoms with Gasteiger partial charge in [-0.2, -0.15) is 0 Å². The predicted octanol–water partition coefficient (Wildman–Crippen LogP) is 4.53. The lowest BCUT2D eigenvalue weighted by Gasteiger charge is -2.18. The summed E-state index contributed by atoms with van der Waals surface area (Å²) in [6.07, 6.45) is 0. The Kier molecular flexibility index (Phi) is 5.22. The van der Waals surface area contributed by atoms with Crippen molar-refractivity contribution in [3.63, 3.8) is 0 Å². The topological polar surface area (TPSA) is 73.9 Å². The highest BCUT2D eigenvalue weighted by Gasteiger charge is 2.16. The minimum Gasteiger partial charge on any atom is -0.486 e. The average molecular weight is 409 g/mol. The summed E-state index contributed by atoms with van der Waals surface area (Å²) < 4.78 is 15.9. The number of hydrogen-bond donors (Lipinski definition) is 1. The second kappa shape index (κ2) is 7.97. The molecule has 1 amide bonds. The molecule has 29 heavy (non-hydrogen) atoms. The highest BCUT2D eigenvalue weighted by atomic mass is 32.1. The SMILES string of the molecule is COC(=O)c1ccc(NC(=O)c2ccc(-c3ccc4c(c3)OCCO4)s2)c(C)c1. The van der Waals surface area contributed by atoms with Gasteiger partial charge in [0.25, 0.3) is 5.91 Å². The Bertz CT molecular complexity index is 1090. The highest BCUT2D eigenvalue weighted by Crippen LogP contribution is 2.37. The highest BCUT2D eigenvalue weighted by molar-refractivity contribution is 7.17. The first-order chi connectivity index (χ1) is 14.0. The maximum absolute atomic E-state index is 12.7. The molecule has 148 valence electrons. The van der Waals surface area contributed by atoms with Crippen LogP contribution in [-0.4, -0.2) is 32.2 Å². The Morgan fingerprint density at radius 2 is 1.79 bits per heavy atom. The van der Waals surface area contributed by atoms with E-state index in [0.717, 1.165) is 27.5 Å². The van der Waals surface area contributed by atoms with Crippen molar-refractivity contribution in [3.8, 4) is 21.9 Å². The lowest BCUT2D eigenvalue weighted by Crippen LogP contribution is -2.15. The molecule has 1 N–H and O–H groups in total. The van der Waals surface area contributed by atoms with Crippen LogP contribution < -0.4 is 14.8 Å². The first-order valence-electron chi connectivity index (χ1n) is 9.05. The number of esters is 1. The molecule has 0 saturated heterocycles. The predicted molar refractivity (Wildman–Crippen MR) is 111 cm³/mol. The molecule has 1 aromatic heterocycles. The zero-order valence-corrected chi connectivity index (χ0v) is 16.8. The quantitative estimate of drug-likeness (QED) is 0.641. The van der Waals surface area contributed by atoms with Gasteiger partial charge in [0.2, 0.25) is 0 Å². The maximum Gasteiger partial charge on any atom is 0.337 e. The van der Waals surface area contributed by atoms with Crippen LogP contribution in [0, 0.1) is 6.92 Å². The summed E-state index contributed by atoms with van der Waals surface area (Å²) in [5.74, 6) is 0.843. The Hall–Kier alpha value is -3.32. The molecule has 0 bridgehead atoms. The lowest BCUT2D eigenvalue weighted by atomic mass is 10.1. The Morgan fingerprint density at radius 3 is 2.55 bits per heavy atom. The summed E-state index contributed by atoms with van der Waals surface area (Å²) in [5, 5.41) is 2.90. The molecule has 0 fully saturated rings. The zero-order chi connectivity index (χ0) is 20.4. The van der Waals surface area contributed by atoms with Gasteiger partial charge < -0.3 is 19.5 Å². The van der Waals surface area contributed by atoms with Crippen LogP contribution in [0.15, 0.2) is 48.5 Å². The fourth-order valence-electron chi connectivity index (χ4n) is 3.04. The van der Waals surface area contributed by atoms with Gasteiger partial charge in [-0.15, -0.1) is 11.3 Å². The molecule has 1 aliphatic rings. The Labute approximate surface area is 172 Å². The summed E-state index contributed by atoms with van der Waals surface area (Å²) in [4.78, 5) is 25.9. The normalized spacial score (nSPS) is 12.3. The molecule has 4 rings (SSSR count). The van der Waals surface area contributed by atoms with Crippen LogP contribution in [-0.2, 0) is 4.74 Å². The molecule has 7 heteroatoms. The van der Waals surface area contributed by atoms with Crippen molar-refractivity contribution in [2.75, 3.05) is 25.6 Å². The van der Waals surface area contributed by atoms with E-state index in [9.17, 15) is 9.59 Å². The number of methoxy groups -OCH3 is 1. The van der Waals surface area contributed by atoms with Crippen molar-refractivity contribution in [1.29, 1.82) is 0 Å². The molecular weight excluding hydrogens is 390 g/mol. The monoisotopic (exact) mass is 409 g/mol. The number of carbonyl (C=O) groups is 2. The Balaban J connectivity index is 1.51. The van der Waals surface area contributed by atoms with Crippen molar-refractivity contribution in [3.05, 3.63) is 64.5 Å². The van der Waals surface area contributed by atoms with Crippen LogP contribution >= 0.6 is 11.3 Å². The molecule has 0 aliphatic carbocycles. The molecule has 0 atom stereocenters. The van der Waals surface area contributed by atoms with Crippen molar-refractivity contribution in [2.45, 2.75) is 6.92 Å². The average Bonchev–Trinajstić information content (AvgIpc) is 3.24. The van der Waals surface area contributed by atoms with Gasteiger partial charge in [-0.05, 0) is 66.6 Å². The van der Waals surface area contributed by atoms with Gasteiger partial charge in [-0.25, -0.2) is 4.79 Å². The standard InChI is InChI=1S/C22H19NO5S/c1-13-11-15(22(25)26-2)3-5-16(13)23-21(24)20-8-7-19(29-20)14-4-6-17-18(12-14)28-10-9-27-17/h3-8,11-12H,9-10H2,1-2H3,(H,23,24). The number of nitrogens with one attached hydrogen (secondary N) is 1. The molecule has 0 unspecified atom stereocenters. The molecule has 0 radical (unpaired) electrons. The minimum atomic E-state index is -0.409. The van der Waals surface area contributed by atoms with E-state index in [1.165, 1.54) is 18.4 Å². The van der Waals surface area contributed by atoms with Crippen LogP contribution in [0.1, 0.15) is 25.6 Å². The van der Waals surface area contributed by atoms with E-state index >= 15 is 0 Å². The molecule has 0 spiro atoms. The third-order valence-corrected chi connectivity index (χ3v) is 5.69. The van der Waals surface area contributed by atoms with Gasteiger partial charge in [0, 0.05) is 10.6 Å². The van der Waals surface area contributed by atoms with Gasteiger partial charge >= 0.3 is 5.97 Å². The van der Waals surface area contributed by atoms with Gasteiger partial charge in [-0.1, -0.05) is 0 Å². The van der Waals surface area contributed by atoms with Crippen molar-refractivity contribution in [2.24, 2.45) is 0 Å². The van der Waals surface area contributed by atoms with Crippen LogP contribution in [0.5, 0.6) is 11.5 Å². The van der Waals surface area contributed by atoms with Crippen LogP contribution in [0.3, 0.4) is 0 Å². The molecule has 6 nitrogen and oxygen atoms in total. The number of fused-ring (bicyclic) bond motifs is 1. The summed E-state index contributed by atoms with van der Waals surface area (Å²) in [6.45, 7) is 2.91. The van der Waals surface area contributed by atoms with Crippen LogP contribution in [0.4, 0.5) is 5.69 Å². The van der Waals surface area contributed by atoms with Gasteiger partial charge in [0.1, 0.15) is 13.2 Å². The fourth-order valence-corrected chi connectivity index (χ4v) is 3.94. The largest absolute Gasteiger partial charge is 0.486 e. The van der Waals surface area contributed by atoms with Crippen molar-refractivity contribution < 1.29 is 23.8 Å².